The molecule has 3 aromatic rings. The lowest BCUT2D eigenvalue weighted by Gasteiger charge is -2.22. The number of hydrogen-bond acceptors (Lipinski definition) is 3. The molecule has 3 rings (SSSR count). The van der Waals surface area contributed by atoms with Gasteiger partial charge in [-0.15, -0.1) is 0 Å². The summed E-state index contributed by atoms with van der Waals surface area (Å²) in [5.74, 6) is 1.38. The Morgan fingerprint density at radius 3 is 2.29 bits per heavy atom. The highest BCUT2D eigenvalue weighted by Gasteiger charge is 2.18. The van der Waals surface area contributed by atoms with Crippen LogP contribution in [-0.2, 0) is 10.2 Å². The van der Waals surface area contributed by atoms with Crippen molar-refractivity contribution in [2.75, 3.05) is 11.1 Å². The second-order valence-corrected chi connectivity index (χ2v) is 9.27. The molecular weight excluding hydrogens is 384 g/mol. The number of hydrogen-bond donors (Lipinski definition) is 2. The molecule has 0 aliphatic heterocycles. The van der Waals surface area contributed by atoms with Gasteiger partial charge in [-0.05, 0) is 73.2 Å². The lowest BCUT2D eigenvalue weighted by Crippen LogP contribution is -2.10. The summed E-state index contributed by atoms with van der Waals surface area (Å²) in [6.45, 7) is 14.1. The molecule has 3 N–H and O–H groups in total. The van der Waals surface area contributed by atoms with Gasteiger partial charge in [-0.1, -0.05) is 44.5 Å². The molecule has 0 radical (unpaired) electrons. The van der Waals surface area contributed by atoms with Crippen molar-refractivity contribution >= 4 is 17.3 Å². The molecule has 3 aromatic carbocycles. The molecule has 0 aromatic heterocycles. The zero-order chi connectivity index (χ0) is 22.9. The molecule has 0 aliphatic carbocycles. The molecule has 4 heteroatoms. The van der Waals surface area contributed by atoms with Crippen LogP contribution in [0.2, 0.25) is 0 Å². The average molecular weight is 417 g/mol. The molecule has 0 unspecified atom stereocenters. The van der Waals surface area contributed by atoms with Crippen molar-refractivity contribution in [1.82, 2.24) is 0 Å². The third kappa shape index (κ3) is 5.08. The predicted molar refractivity (Wildman–Crippen MR) is 130 cm³/mol. The van der Waals surface area contributed by atoms with Gasteiger partial charge in [0, 0.05) is 29.4 Å². The highest BCUT2D eigenvalue weighted by Crippen LogP contribution is 2.42. The fraction of sp³-hybridized carbons (Fsp3) is 0.296. The van der Waals surface area contributed by atoms with Crippen molar-refractivity contribution in [2.24, 2.45) is 0 Å². The quantitative estimate of drug-likeness (QED) is 0.454. The molecule has 0 bridgehead atoms. The summed E-state index contributed by atoms with van der Waals surface area (Å²) in [5.41, 5.74) is 13.9. The summed E-state index contributed by atoms with van der Waals surface area (Å²) in [6, 6.07) is 16.2. The molecular formula is C27H32N2O2. The first-order chi connectivity index (χ1) is 14.5. The SMILES string of the molecule is CC(=O)Nc1cc(C)c(Oc2cccc(C(C)(C)C)c2)c(-c2cc(C)cc(C)c2N)c1. The van der Waals surface area contributed by atoms with Gasteiger partial charge in [-0.25, -0.2) is 0 Å². The second kappa shape index (κ2) is 8.46. The van der Waals surface area contributed by atoms with E-state index >= 15 is 0 Å². The first-order valence-corrected chi connectivity index (χ1v) is 10.5. The molecule has 0 saturated carbocycles. The van der Waals surface area contributed by atoms with Gasteiger partial charge in [-0.2, -0.15) is 0 Å². The van der Waals surface area contributed by atoms with Crippen molar-refractivity contribution in [3.8, 4) is 22.6 Å². The summed E-state index contributed by atoms with van der Waals surface area (Å²) in [6.07, 6.45) is 0. The van der Waals surface area contributed by atoms with Gasteiger partial charge < -0.3 is 15.8 Å². The van der Waals surface area contributed by atoms with Gasteiger partial charge in [0.15, 0.2) is 0 Å². The van der Waals surface area contributed by atoms with Crippen LogP contribution in [0.15, 0.2) is 48.5 Å². The number of nitrogen functional groups attached to an aromatic ring is 1. The Morgan fingerprint density at radius 1 is 0.935 bits per heavy atom. The predicted octanol–water partition coefficient (Wildman–Crippen LogP) is 6.91. The van der Waals surface area contributed by atoms with Gasteiger partial charge in [-0.3, -0.25) is 4.79 Å². The normalized spacial score (nSPS) is 11.3. The minimum absolute atomic E-state index is 0.0184. The maximum absolute atomic E-state index is 11.7. The van der Waals surface area contributed by atoms with Crippen molar-refractivity contribution in [3.63, 3.8) is 0 Å². The van der Waals surface area contributed by atoms with E-state index in [0.717, 1.165) is 39.3 Å². The number of nitrogens with two attached hydrogens (primary N) is 1. The minimum atomic E-state index is -0.120. The van der Waals surface area contributed by atoms with Crippen LogP contribution < -0.4 is 15.8 Å². The van der Waals surface area contributed by atoms with E-state index in [1.807, 2.05) is 45.0 Å². The van der Waals surface area contributed by atoms with Gasteiger partial charge in [0.25, 0.3) is 0 Å². The van der Waals surface area contributed by atoms with E-state index in [2.05, 4.69) is 50.4 Å². The molecule has 0 saturated heterocycles. The summed E-state index contributed by atoms with van der Waals surface area (Å²) in [7, 11) is 0. The number of aryl methyl sites for hydroxylation is 3. The molecule has 0 fully saturated rings. The Bertz CT molecular complexity index is 1140. The van der Waals surface area contributed by atoms with Gasteiger partial charge in [0.1, 0.15) is 11.5 Å². The molecule has 0 aliphatic rings. The van der Waals surface area contributed by atoms with Crippen LogP contribution in [0.5, 0.6) is 11.5 Å². The number of anilines is 2. The van der Waals surface area contributed by atoms with Crippen LogP contribution in [0.25, 0.3) is 11.1 Å². The largest absolute Gasteiger partial charge is 0.456 e. The number of benzene rings is 3. The lowest BCUT2D eigenvalue weighted by molar-refractivity contribution is -0.114. The van der Waals surface area contributed by atoms with E-state index in [9.17, 15) is 4.79 Å². The molecule has 31 heavy (non-hydrogen) atoms. The number of nitrogens with one attached hydrogen (secondary N) is 1. The third-order valence-corrected chi connectivity index (χ3v) is 5.34. The fourth-order valence-electron chi connectivity index (χ4n) is 3.73. The standard InChI is InChI=1S/C27H32N2O2/c1-16-11-17(2)25(28)23(12-16)24-15-21(29-19(4)30)13-18(3)26(24)31-22-10-8-9-20(14-22)27(5,6)7/h8-15H,28H2,1-7H3,(H,29,30). The smallest absolute Gasteiger partial charge is 0.221 e. The maximum Gasteiger partial charge on any atom is 0.221 e. The molecule has 1 amide bonds. The first-order valence-electron chi connectivity index (χ1n) is 10.5. The topological polar surface area (TPSA) is 64.3 Å². The van der Waals surface area contributed by atoms with E-state index in [1.54, 1.807) is 0 Å². The monoisotopic (exact) mass is 416 g/mol. The van der Waals surface area contributed by atoms with Gasteiger partial charge in [0.05, 0.1) is 0 Å². The first kappa shape index (κ1) is 22.4. The summed E-state index contributed by atoms with van der Waals surface area (Å²) >= 11 is 0. The Labute approximate surface area is 185 Å². The third-order valence-electron chi connectivity index (χ3n) is 5.34. The number of ether oxygens (including phenoxy) is 1. The number of carbonyl (C=O) groups excluding carboxylic acids is 1. The molecule has 4 nitrogen and oxygen atoms in total. The van der Waals surface area contributed by atoms with Crippen molar-refractivity contribution in [1.29, 1.82) is 0 Å². The van der Waals surface area contributed by atoms with E-state index in [4.69, 9.17) is 10.5 Å². The summed E-state index contributed by atoms with van der Waals surface area (Å²) in [5, 5.41) is 2.89. The lowest BCUT2D eigenvalue weighted by atomic mass is 9.87. The van der Waals surface area contributed by atoms with E-state index in [-0.39, 0.29) is 11.3 Å². The zero-order valence-electron chi connectivity index (χ0n) is 19.5. The second-order valence-electron chi connectivity index (χ2n) is 9.27. The van der Waals surface area contributed by atoms with E-state index in [0.29, 0.717) is 11.4 Å². The van der Waals surface area contributed by atoms with Crippen molar-refractivity contribution < 1.29 is 9.53 Å². The Kier molecular flexibility index (Phi) is 6.12. The molecule has 0 spiro atoms. The van der Waals surface area contributed by atoms with Crippen LogP contribution in [-0.4, -0.2) is 5.91 Å². The van der Waals surface area contributed by atoms with Gasteiger partial charge >= 0.3 is 0 Å². The number of carbonyl (C=O) groups is 1. The number of rotatable bonds is 4. The Balaban J connectivity index is 2.20. The van der Waals surface area contributed by atoms with Crippen LogP contribution in [0.1, 0.15) is 49.9 Å². The van der Waals surface area contributed by atoms with Crippen LogP contribution in [0.3, 0.4) is 0 Å². The fourth-order valence-corrected chi connectivity index (χ4v) is 3.73. The van der Waals surface area contributed by atoms with Crippen molar-refractivity contribution in [3.05, 3.63) is 70.8 Å². The van der Waals surface area contributed by atoms with Crippen LogP contribution >= 0.6 is 0 Å². The highest BCUT2D eigenvalue weighted by atomic mass is 16.5. The zero-order valence-corrected chi connectivity index (χ0v) is 19.5. The maximum atomic E-state index is 11.7. The summed E-state index contributed by atoms with van der Waals surface area (Å²) in [4.78, 5) is 11.7. The van der Waals surface area contributed by atoms with Crippen molar-refractivity contribution in [2.45, 2.75) is 53.9 Å². The molecule has 0 atom stereocenters. The molecule has 0 heterocycles. The van der Waals surface area contributed by atoms with Gasteiger partial charge in [0.2, 0.25) is 5.91 Å². The summed E-state index contributed by atoms with van der Waals surface area (Å²) < 4.78 is 6.46. The highest BCUT2D eigenvalue weighted by molar-refractivity contribution is 5.92. The minimum Gasteiger partial charge on any atom is -0.456 e. The Morgan fingerprint density at radius 2 is 1.65 bits per heavy atom. The molecule has 162 valence electrons. The van der Waals surface area contributed by atoms with Crippen LogP contribution in [0.4, 0.5) is 11.4 Å². The average Bonchev–Trinajstić information content (AvgIpc) is 2.65. The van der Waals surface area contributed by atoms with E-state index in [1.165, 1.54) is 12.5 Å². The van der Waals surface area contributed by atoms with Crippen LogP contribution in [0, 0.1) is 20.8 Å². The van der Waals surface area contributed by atoms with E-state index < -0.39 is 0 Å². The number of amides is 1. The Hall–Kier alpha value is -3.27.